The summed E-state index contributed by atoms with van der Waals surface area (Å²) in [7, 11) is 0. The summed E-state index contributed by atoms with van der Waals surface area (Å²) in [6.45, 7) is 21.7. The summed E-state index contributed by atoms with van der Waals surface area (Å²) in [6.07, 6.45) is 14.4. The molecule has 0 spiro atoms. The molecule has 14 heteroatoms. The van der Waals surface area contributed by atoms with Crippen LogP contribution in [0.3, 0.4) is 0 Å². The number of rotatable bonds is 12. The van der Waals surface area contributed by atoms with Crippen molar-refractivity contribution in [2.75, 3.05) is 0 Å². The number of ether oxygens (including phenoxy) is 2. The van der Waals surface area contributed by atoms with Crippen LogP contribution in [0.1, 0.15) is 75.0 Å². The molecule has 14 aromatic rings. The molecule has 0 saturated carbocycles. The van der Waals surface area contributed by atoms with E-state index in [-0.39, 0.29) is 58.7 Å². The Bertz CT molecular complexity index is 4850. The monoisotopic (exact) mass is 1500 g/mol. The fraction of sp³-hybridized carbons (Fsp3) is 0.179. The second kappa shape index (κ2) is 26.4. The molecule has 0 aliphatic heterocycles. The molecule has 14 rings (SSSR count). The molecule has 462 valence electrons. The van der Waals surface area contributed by atoms with Gasteiger partial charge in [0.05, 0.1) is 33.2 Å². The zero-order valence-electron chi connectivity index (χ0n) is 59.6. The van der Waals surface area contributed by atoms with E-state index in [1.54, 1.807) is 34.1 Å². The number of benzene rings is 8. The van der Waals surface area contributed by atoms with Crippen molar-refractivity contribution in [3.05, 3.63) is 274 Å². The van der Waals surface area contributed by atoms with E-state index in [9.17, 15) is 0 Å². The van der Waals surface area contributed by atoms with Crippen molar-refractivity contribution in [3.8, 4) is 34.4 Å². The molecule has 0 bridgehead atoms. The van der Waals surface area contributed by atoms with Gasteiger partial charge >= 0.3 is 13.7 Å². The zero-order chi connectivity index (χ0) is 67.8. The van der Waals surface area contributed by atoms with Crippen molar-refractivity contribution < 1.29 is 71.9 Å². The first-order valence-electron chi connectivity index (χ1n) is 33.4. The Morgan fingerprint density at radius 1 is 0.467 bits per heavy atom. The topological polar surface area (TPSA) is 71.7 Å². The summed E-state index contributed by atoms with van der Waals surface area (Å²) >= 11 is 0. The van der Waals surface area contributed by atoms with Crippen molar-refractivity contribution in [1.29, 1.82) is 0 Å². The molecule has 0 unspecified atom stereocenters. The molecule has 92 heavy (non-hydrogen) atoms. The fourth-order valence-electron chi connectivity index (χ4n) is 14.1. The molecular weight excluding hydrogens is 1420 g/mol. The largest absolute Gasteiger partial charge is 1.00 e. The molecule has 0 fully saturated rings. The first-order valence-corrected chi connectivity index (χ1v) is 30.4. The molecule has 0 saturated heterocycles. The normalized spacial score (nSPS) is 12.4. The zero-order valence-corrected chi connectivity index (χ0v) is 58.1. The van der Waals surface area contributed by atoms with E-state index < -0.39 is 14.0 Å². The summed E-state index contributed by atoms with van der Waals surface area (Å²) in [4.78, 5) is 9.78. The second-order valence-electron chi connectivity index (χ2n) is 24.3. The van der Waals surface area contributed by atoms with E-state index in [1.165, 1.54) is 99.4 Å². The van der Waals surface area contributed by atoms with Crippen LogP contribution in [0.4, 0.5) is 0 Å². The van der Waals surface area contributed by atoms with Gasteiger partial charge in [0, 0.05) is 85.4 Å². The molecule has 10 nitrogen and oxygen atoms in total. The standard InChI is InChI=1S/C39H38BN4O.C39H35BN4O.HI.Pt/c2*1-25-18-27(3)37(28(4)19-25)40(38-29(5)20-26(2)21-30(38)6)44-35-14-13-33(23-34(35)39-36(44)12-9-15-41-39)45-32-11-8-10-31(22-32)43-17-16-42(7)24-43;;/h8-24H,1-7H3;8-21H,1-7H3;1H;/q+1;-2;;/p-1/i2*7D3;;. The van der Waals surface area contributed by atoms with E-state index in [1.807, 2.05) is 79.1 Å². The predicted octanol–water partition coefficient (Wildman–Crippen LogP) is 10.6. The van der Waals surface area contributed by atoms with Crippen molar-refractivity contribution in [3.63, 3.8) is 0 Å². The maximum atomic E-state index is 7.70. The van der Waals surface area contributed by atoms with Crippen molar-refractivity contribution in [1.82, 2.24) is 28.1 Å². The van der Waals surface area contributed by atoms with E-state index in [2.05, 4.69) is 189 Å². The van der Waals surface area contributed by atoms with Gasteiger partial charge in [-0.05, 0) is 160 Å². The van der Waals surface area contributed by atoms with E-state index in [4.69, 9.17) is 27.7 Å². The minimum absolute atomic E-state index is 0. The van der Waals surface area contributed by atoms with E-state index in [0.717, 1.165) is 54.1 Å². The van der Waals surface area contributed by atoms with Crippen LogP contribution in [0.25, 0.3) is 55.2 Å². The Hall–Kier alpha value is -8.77. The van der Waals surface area contributed by atoms with E-state index >= 15 is 0 Å². The van der Waals surface area contributed by atoms with Gasteiger partial charge in [-0.1, -0.05) is 150 Å². The van der Waals surface area contributed by atoms with E-state index in [0.29, 0.717) is 28.7 Å². The van der Waals surface area contributed by atoms with Crippen LogP contribution < -0.4 is 64.4 Å². The van der Waals surface area contributed by atoms with Crippen LogP contribution in [-0.4, -0.2) is 41.8 Å². The number of hydrogen-bond acceptors (Lipinski definition) is 4. The maximum absolute atomic E-state index is 7.70. The van der Waals surface area contributed by atoms with Gasteiger partial charge in [-0.25, -0.2) is 9.13 Å². The van der Waals surface area contributed by atoms with Gasteiger partial charge in [-0.3, -0.25) is 4.98 Å². The number of nitrogens with zero attached hydrogens (tertiary/aromatic N) is 8. The smallest absolute Gasteiger partial charge is 0.329 e. The van der Waals surface area contributed by atoms with Gasteiger partial charge in [0.1, 0.15) is 29.6 Å². The Labute approximate surface area is 581 Å². The Balaban J connectivity index is 0.000000194. The molecule has 0 atom stereocenters. The van der Waals surface area contributed by atoms with Crippen LogP contribution >= 0.6 is 0 Å². The van der Waals surface area contributed by atoms with Gasteiger partial charge in [0.2, 0.25) is 12.7 Å². The number of pyridine rings is 2. The Morgan fingerprint density at radius 3 is 1.52 bits per heavy atom. The third-order valence-electron chi connectivity index (χ3n) is 17.3. The predicted molar refractivity (Wildman–Crippen MR) is 368 cm³/mol. The summed E-state index contributed by atoms with van der Waals surface area (Å²) < 4.78 is 69.3. The SMILES string of the molecule is [2H]C([2H])([2H])[n+]1[c-]n(-c2[c-]c(Oc3[c-]c4c5ncccc5n(B(c5c(C)cc(C)cc5C)c5c(C)cc(C)cc5C)c4cc3)ccc2)cc1.[2H]C([2H])([2H])[n+]1ccn(-c2cccc(Oc3ccc4c(c3)c3ncccc3n4B(c3c(C)cc(C)cc3C)c3c(C)cc(C)cc3C)c2)c1.[I-].[Pt]. The Kier molecular flexibility index (Phi) is 16.4. The molecule has 0 radical (unpaired) electrons. The van der Waals surface area contributed by atoms with Crippen molar-refractivity contribution >= 4 is 79.4 Å². The summed E-state index contributed by atoms with van der Waals surface area (Å²) in [5, 5.41) is 1.88. The minimum atomic E-state index is -2.32. The minimum Gasteiger partial charge on any atom is -1.00 e. The van der Waals surface area contributed by atoms with Crippen LogP contribution in [-0.2, 0) is 35.0 Å². The average molecular weight is 1500 g/mol. The van der Waals surface area contributed by atoms with Crippen LogP contribution in [0.2, 0.25) is 0 Å². The van der Waals surface area contributed by atoms with Crippen LogP contribution in [0.5, 0.6) is 23.0 Å². The van der Waals surface area contributed by atoms with Gasteiger partial charge in [-0.15, -0.1) is 18.2 Å². The van der Waals surface area contributed by atoms with Crippen molar-refractivity contribution in [2.45, 2.75) is 83.1 Å². The van der Waals surface area contributed by atoms with Gasteiger partial charge in [0.15, 0.2) is 0 Å². The maximum Gasteiger partial charge on any atom is 0.329 e. The first kappa shape index (κ1) is 57.2. The van der Waals surface area contributed by atoms with Gasteiger partial charge in [-0.2, -0.15) is 12.1 Å². The number of halogens is 1. The van der Waals surface area contributed by atoms with Gasteiger partial charge in [0.25, 0.3) is 0 Å². The summed E-state index contributed by atoms with van der Waals surface area (Å²) in [5.74, 6) is 2.33. The number of aryl methyl sites for hydroxylation is 14. The number of fused-ring (bicyclic) bond motifs is 6. The second-order valence-corrected chi connectivity index (χ2v) is 24.3. The fourth-order valence-corrected chi connectivity index (χ4v) is 14.1. The number of aromatic nitrogens is 8. The van der Waals surface area contributed by atoms with Crippen molar-refractivity contribution in [2.24, 2.45) is 14.0 Å². The molecule has 0 amide bonds. The average Bonchev–Trinajstić information content (AvgIpc) is 1.55. The Morgan fingerprint density at radius 2 is 0.978 bits per heavy atom. The molecule has 8 aromatic carbocycles. The van der Waals surface area contributed by atoms with Crippen LogP contribution in [0.15, 0.2) is 189 Å². The molecule has 6 heterocycles. The van der Waals surface area contributed by atoms with Crippen LogP contribution in [0, 0.1) is 102 Å². The number of imidazole rings is 2. The third-order valence-corrected chi connectivity index (χ3v) is 17.3. The molecule has 0 aliphatic rings. The molecule has 0 aliphatic carbocycles. The summed E-state index contributed by atoms with van der Waals surface area (Å²) in [5.41, 5.74) is 27.6. The molecule has 0 N–H and O–H groups in total. The molecule has 6 aromatic heterocycles. The first-order chi connectivity index (χ1) is 45.8. The third kappa shape index (κ3) is 12.4. The molecular formula is C78H73B2IN8O2Pt-2. The quantitative estimate of drug-likeness (QED) is 0.0529. The summed E-state index contributed by atoms with van der Waals surface area (Å²) in [6, 6.07) is 56.7. The van der Waals surface area contributed by atoms with Gasteiger partial charge < -0.3 is 56.5 Å². The number of hydrogen-bond donors (Lipinski definition) is 0.